The lowest BCUT2D eigenvalue weighted by atomic mass is 9.95. The molecule has 1 aliphatic rings. The molecule has 2 unspecified atom stereocenters. The first-order chi connectivity index (χ1) is 5.16. The van der Waals surface area contributed by atoms with Crippen molar-refractivity contribution in [1.29, 1.82) is 0 Å². The minimum atomic E-state index is -0.462. The zero-order chi connectivity index (χ0) is 8.32. The van der Waals surface area contributed by atoms with Gasteiger partial charge in [0.1, 0.15) is 0 Å². The van der Waals surface area contributed by atoms with E-state index in [1.807, 2.05) is 11.8 Å². The number of aliphatic hydroxyl groups is 1. The molecular weight excluding hydrogens is 156 g/mol. The highest BCUT2D eigenvalue weighted by Crippen LogP contribution is 2.36. The van der Waals surface area contributed by atoms with E-state index >= 15 is 0 Å². The summed E-state index contributed by atoms with van der Waals surface area (Å²) >= 11 is 1.84. The van der Waals surface area contributed by atoms with Gasteiger partial charge in [-0.25, -0.2) is 0 Å². The lowest BCUT2D eigenvalue weighted by Crippen LogP contribution is -2.28. The monoisotopic (exact) mass is 170 g/mol. The molecule has 0 aliphatic carbocycles. The second-order valence-corrected chi connectivity index (χ2v) is 4.68. The average Bonchev–Trinajstić information content (AvgIpc) is 2.28. The highest BCUT2D eigenvalue weighted by Gasteiger charge is 2.34. The van der Waals surface area contributed by atoms with Crippen LogP contribution in [0.3, 0.4) is 0 Å². The van der Waals surface area contributed by atoms with Gasteiger partial charge in [-0.15, -0.1) is 12.3 Å². The van der Waals surface area contributed by atoms with Gasteiger partial charge in [-0.2, -0.15) is 11.8 Å². The summed E-state index contributed by atoms with van der Waals surface area (Å²) in [4.78, 5) is 0. The van der Waals surface area contributed by atoms with Crippen LogP contribution in [0.15, 0.2) is 0 Å². The predicted molar refractivity (Wildman–Crippen MR) is 49.6 cm³/mol. The molecule has 2 heteroatoms. The van der Waals surface area contributed by atoms with Crippen LogP contribution in [0.25, 0.3) is 0 Å². The Morgan fingerprint density at radius 2 is 2.55 bits per heavy atom. The van der Waals surface area contributed by atoms with Gasteiger partial charge in [-0.05, 0) is 12.8 Å². The van der Waals surface area contributed by atoms with Gasteiger partial charge in [0.05, 0.1) is 5.60 Å². The fourth-order valence-corrected chi connectivity index (χ4v) is 2.71. The number of hydrogen-bond donors (Lipinski definition) is 1. The van der Waals surface area contributed by atoms with Gasteiger partial charge in [0.25, 0.3) is 0 Å². The van der Waals surface area contributed by atoms with Crippen molar-refractivity contribution in [3.05, 3.63) is 0 Å². The number of thioether (sulfide) groups is 1. The first-order valence-corrected chi connectivity index (χ1v) is 4.99. The van der Waals surface area contributed by atoms with Crippen LogP contribution in [-0.2, 0) is 0 Å². The van der Waals surface area contributed by atoms with Crippen LogP contribution in [-0.4, -0.2) is 21.7 Å². The van der Waals surface area contributed by atoms with Gasteiger partial charge in [0.15, 0.2) is 0 Å². The molecule has 0 spiro atoms. The van der Waals surface area contributed by atoms with Crippen LogP contribution in [0.5, 0.6) is 0 Å². The van der Waals surface area contributed by atoms with Crippen molar-refractivity contribution in [3.63, 3.8) is 0 Å². The molecule has 62 valence electrons. The Bertz CT molecular complexity index is 173. The second kappa shape index (κ2) is 3.51. The van der Waals surface area contributed by atoms with Crippen molar-refractivity contribution in [2.24, 2.45) is 0 Å². The molecule has 0 aromatic carbocycles. The minimum absolute atomic E-state index is 0.462. The van der Waals surface area contributed by atoms with Crippen molar-refractivity contribution in [1.82, 2.24) is 0 Å². The lowest BCUT2D eigenvalue weighted by molar-refractivity contribution is 0.0563. The molecule has 1 heterocycles. The molecule has 1 aliphatic heterocycles. The van der Waals surface area contributed by atoms with Gasteiger partial charge in [-0.1, -0.05) is 6.92 Å². The average molecular weight is 170 g/mol. The molecule has 0 aromatic rings. The smallest absolute Gasteiger partial charge is 0.0757 e. The number of hydrogen-bond acceptors (Lipinski definition) is 2. The lowest BCUT2D eigenvalue weighted by Gasteiger charge is -2.19. The van der Waals surface area contributed by atoms with E-state index in [-0.39, 0.29) is 0 Å². The van der Waals surface area contributed by atoms with Crippen LogP contribution in [0, 0.1) is 12.3 Å². The Morgan fingerprint density at radius 3 is 3.00 bits per heavy atom. The van der Waals surface area contributed by atoms with Crippen LogP contribution in [0.4, 0.5) is 0 Å². The fourth-order valence-electron chi connectivity index (χ4n) is 1.43. The molecule has 2 atom stereocenters. The van der Waals surface area contributed by atoms with Gasteiger partial charge in [0.2, 0.25) is 0 Å². The standard InChI is InChI=1S/C9H14OS/c1-3-4-5-9(10)6-8(2)11-7-9/h1,8,10H,4-7H2,2H3. The minimum Gasteiger partial charge on any atom is -0.389 e. The van der Waals surface area contributed by atoms with Crippen molar-refractivity contribution in [2.75, 3.05) is 5.75 Å². The molecule has 0 radical (unpaired) electrons. The van der Waals surface area contributed by atoms with Crippen molar-refractivity contribution in [3.8, 4) is 12.3 Å². The molecule has 0 aromatic heterocycles. The summed E-state index contributed by atoms with van der Waals surface area (Å²) in [6.07, 6.45) is 7.50. The maximum absolute atomic E-state index is 9.88. The van der Waals surface area contributed by atoms with E-state index in [0.717, 1.165) is 18.6 Å². The SMILES string of the molecule is C#CCCC1(O)CSC(C)C1. The summed E-state index contributed by atoms with van der Waals surface area (Å²) in [5.41, 5.74) is -0.462. The molecule has 1 fully saturated rings. The van der Waals surface area contributed by atoms with Crippen LogP contribution in [0.1, 0.15) is 26.2 Å². The molecule has 1 saturated heterocycles. The maximum atomic E-state index is 9.88. The van der Waals surface area contributed by atoms with E-state index in [1.165, 1.54) is 0 Å². The normalized spacial score (nSPS) is 37.0. The zero-order valence-electron chi connectivity index (χ0n) is 6.84. The summed E-state index contributed by atoms with van der Waals surface area (Å²) in [7, 11) is 0. The van der Waals surface area contributed by atoms with Crippen molar-refractivity contribution < 1.29 is 5.11 Å². The maximum Gasteiger partial charge on any atom is 0.0757 e. The fraction of sp³-hybridized carbons (Fsp3) is 0.778. The van der Waals surface area contributed by atoms with E-state index in [1.54, 1.807) is 0 Å². The first-order valence-electron chi connectivity index (χ1n) is 3.94. The Balaban J connectivity index is 2.37. The zero-order valence-corrected chi connectivity index (χ0v) is 7.66. The van der Waals surface area contributed by atoms with Crippen molar-refractivity contribution in [2.45, 2.75) is 37.0 Å². The molecule has 1 N–H and O–H groups in total. The van der Waals surface area contributed by atoms with E-state index in [0.29, 0.717) is 11.7 Å². The third kappa shape index (κ3) is 2.43. The summed E-state index contributed by atoms with van der Waals surface area (Å²) < 4.78 is 0. The highest BCUT2D eigenvalue weighted by atomic mass is 32.2. The predicted octanol–water partition coefficient (Wildman–Crippen LogP) is 1.66. The number of terminal acetylenes is 1. The molecule has 1 rings (SSSR count). The van der Waals surface area contributed by atoms with E-state index in [2.05, 4.69) is 12.8 Å². The molecule has 0 amide bonds. The molecule has 0 saturated carbocycles. The molecule has 0 bridgehead atoms. The summed E-state index contributed by atoms with van der Waals surface area (Å²) in [6.45, 7) is 2.15. The Morgan fingerprint density at radius 1 is 1.82 bits per heavy atom. The van der Waals surface area contributed by atoms with Crippen LogP contribution >= 0.6 is 11.8 Å². The molecule has 1 nitrogen and oxygen atoms in total. The third-order valence-corrected chi connectivity index (χ3v) is 3.48. The summed E-state index contributed by atoms with van der Waals surface area (Å²) in [5, 5.41) is 10.5. The van der Waals surface area contributed by atoms with E-state index in [4.69, 9.17) is 6.42 Å². The van der Waals surface area contributed by atoms with Gasteiger partial charge in [0, 0.05) is 17.4 Å². The molecular formula is C9H14OS. The van der Waals surface area contributed by atoms with Crippen LogP contribution < -0.4 is 0 Å². The number of rotatable bonds is 2. The topological polar surface area (TPSA) is 20.2 Å². The highest BCUT2D eigenvalue weighted by molar-refractivity contribution is 8.00. The van der Waals surface area contributed by atoms with Gasteiger partial charge < -0.3 is 5.11 Å². The summed E-state index contributed by atoms with van der Waals surface area (Å²) in [5.74, 6) is 3.42. The molecule has 11 heavy (non-hydrogen) atoms. The quantitative estimate of drug-likeness (QED) is 0.636. The van der Waals surface area contributed by atoms with E-state index < -0.39 is 5.60 Å². The Labute approximate surface area is 72.6 Å². The van der Waals surface area contributed by atoms with E-state index in [9.17, 15) is 5.11 Å². The second-order valence-electron chi connectivity index (χ2n) is 3.25. The van der Waals surface area contributed by atoms with Gasteiger partial charge in [-0.3, -0.25) is 0 Å². The van der Waals surface area contributed by atoms with Crippen molar-refractivity contribution >= 4 is 11.8 Å². The largest absolute Gasteiger partial charge is 0.389 e. The Hall–Kier alpha value is -0.130. The summed E-state index contributed by atoms with van der Waals surface area (Å²) in [6, 6.07) is 0. The van der Waals surface area contributed by atoms with Gasteiger partial charge >= 0.3 is 0 Å². The first kappa shape index (κ1) is 8.96. The van der Waals surface area contributed by atoms with Crippen LogP contribution in [0.2, 0.25) is 0 Å². The Kier molecular flexibility index (Phi) is 2.86. The third-order valence-electron chi connectivity index (χ3n) is 2.04.